The summed E-state index contributed by atoms with van der Waals surface area (Å²) in [6.07, 6.45) is 2.75. The highest BCUT2D eigenvalue weighted by Gasteiger charge is 2.18. The molecule has 0 amide bonds. The molecule has 0 aliphatic carbocycles. The van der Waals surface area contributed by atoms with Crippen molar-refractivity contribution in [2.24, 2.45) is 16.6 Å². The van der Waals surface area contributed by atoms with Crippen molar-refractivity contribution in [2.75, 3.05) is 7.11 Å². The number of ether oxygens (including phenoxy) is 1. The van der Waals surface area contributed by atoms with Gasteiger partial charge >= 0.3 is 5.97 Å². The zero-order valence-electron chi connectivity index (χ0n) is 8.02. The second-order valence-electron chi connectivity index (χ2n) is 2.67. The van der Waals surface area contributed by atoms with Gasteiger partial charge in [0.25, 0.3) is 0 Å². The van der Waals surface area contributed by atoms with Gasteiger partial charge in [0.05, 0.1) is 7.11 Å². The number of nitrogens with two attached hydrogens (primary N) is 2. The first-order valence-electron chi connectivity index (χ1n) is 3.92. The van der Waals surface area contributed by atoms with Crippen molar-refractivity contribution in [3.8, 4) is 0 Å². The second kappa shape index (κ2) is 3.93. The van der Waals surface area contributed by atoms with E-state index in [1.54, 1.807) is 6.92 Å². The Hall–Kier alpha value is -1.82. The van der Waals surface area contributed by atoms with Crippen LogP contribution in [-0.2, 0) is 9.53 Å². The fourth-order valence-electron chi connectivity index (χ4n) is 0.984. The van der Waals surface area contributed by atoms with Crippen LogP contribution >= 0.6 is 0 Å². The lowest BCUT2D eigenvalue weighted by Gasteiger charge is -2.22. The van der Waals surface area contributed by atoms with E-state index < -0.39 is 5.97 Å². The van der Waals surface area contributed by atoms with Gasteiger partial charge in [-0.3, -0.25) is 5.01 Å². The molecule has 0 atom stereocenters. The van der Waals surface area contributed by atoms with Crippen LogP contribution in [0.2, 0.25) is 0 Å². The summed E-state index contributed by atoms with van der Waals surface area (Å²) in [5, 5.41) is 1.28. The number of nitrogens with zero attached hydrogens (tertiary/aromatic N) is 2. The van der Waals surface area contributed by atoms with Crippen molar-refractivity contribution >= 4 is 11.7 Å². The van der Waals surface area contributed by atoms with Gasteiger partial charge in [-0.15, -0.1) is 0 Å². The monoisotopic (exact) mass is 196 g/mol. The van der Waals surface area contributed by atoms with Crippen LogP contribution in [0.5, 0.6) is 0 Å². The molecule has 0 aromatic rings. The van der Waals surface area contributed by atoms with Crippen LogP contribution < -0.4 is 11.6 Å². The lowest BCUT2D eigenvalue weighted by molar-refractivity contribution is -0.132. The third-order valence-electron chi connectivity index (χ3n) is 1.75. The van der Waals surface area contributed by atoms with Crippen LogP contribution in [0.15, 0.2) is 28.8 Å². The summed E-state index contributed by atoms with van der Waals surface area (Å²) in [6.45, 7) is 1.74. The Balaban J connectivity index is 3.06. The number of carbonyl (C=O) groups excluding carboxylic acids is 1. The van der Waals surface area contributed by atoms with Crippen molar-refractivity contribution in [3.63, 3.8) is 0 Å². The molecule has 0 spiro atoms. The lowest BCUT2D eigenvalue weighted by Crippen LogP contribution is -2.33. The number of rotatable bonds is 1. The molecule has 4 N–H and O–H groups in total. The Bertz CT molecular complexity index is 343. The molecule has 1 rings (SSSR count). The number of esters is 1. The van der Waals surface area contributed by atoms with E-state index in [1.807, 2.05) is 0 Å². The number of carbonyl (C=O) groups is 1. The highest BCUT2D eigenvalue weighted by Crippen LogP contribution is 2.14. The minimum atomic E-state index is -0.517. The fraction of sp³-hybridized carbons (Fsp3) is 0.250. The Morgan fingerprint density at radius 3 is 2.86 bits per heavy atom. The minimum Gasteiger partial charge on any atom is -0.464 e. The average Bonchev–Trinajstić information content (AvgIpc) is 2.20. The molecule has 14 heavy (non-hydrogen) atoms. The molecule has 0 bridgehead atoms. The van der Waals surface area contributed by atoms with E-state index in [2.05, 4.69) is 9.73 Å². The van der Waals surface area contributed by atoms with Crippen molar-refractivity contribution in [3.05, 3.63) is 23.8 Å². The number of allylic oxidation sites excluding steroid dienone is 1. The van der Waals surface area contributed by atoms with Crippen molar-refractivity contribution in [1.82, 2.24) is 5.01 Å². The Kier molecular flexibility index (Phi) is 2.88. The maximum atomic E-state index is 11.2. The second-order valence-corrected chi connectivity index (χ2v) is 2.67. The van der Waals surface area contributed by atoms with E-state index in [-0.39, 0.29) is 5.71 Å². The molecule has 0 unspecified atom stereocenters. The summed E-state index contributed by atoms with van der Waals surface area (Å²) < 4.78 is 4.52. The Morgan fingerprint density at radius 2 is 2.36 bits per heavy atom. The van der Waals surface area contributed by atoms with Gasteiger partial charge in [-0.05, 0) is 13.0 Å². The summed E-state index contributed by atoms with van der Waals surface area (Å²) in [6, 6.07) is 0. The van der Waals surface area contributed by atoms with Gasteiger partial charge in [0.1, 0.15) is 0 Å². The quantitative estimate of drug-likeness (QED) is 0.433. The standard InChI is InChI=1S/C8H12N4O2/c1-5-3-6(8(13)14-2)11-7(4-9)12(5)10/h3-4H,9-10H2,1-2H3/b7-4-. The number of methoxy groups -OCH3 is 1. The third-order valence-corrected chi connectivity index (χ3v) is 1.75. The van der Waals surface area contributed by atoms with E-state index >= 15 is 0 Å². The van der Waals surface area contributed by atoms with Gasteiger partial charge in [-0.1, -0.05) is 0 Å². The van der Waals surface area contributed by atoms with E-state index in [0.29, 0.717) is 11.5 Å². The van der Waals surface area contributed by atoms with Crippen LogP contribution in [0.4, 0.5) is 0 Å². The van der Waals surface area contributed by atoms with E-state index in [4.69, 9.17) is 11.6 Å². The van der Waals surface area contributed by atoms with Gasteiger partial charge in [-0.25, -0.2) is 15.6 Å². The first-order valence-corrected chi connectivity index (χ1v) is 3.92. The molecular formula is C8H12N4O2. The summed E-state index contributed by atoms with van der Waals surface area (Å²) in [4.78, 5) is 15.1. The molecular weight excluding hydrogens is 184 g/mol. The molecule has 6 heteroatoms. The summed E-state index contributed by atoms with van der Waals surface area (Å²) in [5.41, 5.74) is 6.14. The highest BCUT2D eigenvalue weighted by molar-refractivity contribution is 6.41. The maximum absolute atomic E-state index is 11.2. The summed E-state index contributed by atoms with van der Waals surface area (Å²) >= 11 is 0. The molecule has 0 aromatic heterocycles. The lowest BCUT2D eigenvalue weighted by atomic mass is 10.2. The minimum absolute atomic E-state index is 0.184. The number of hydrazine groups is 1. The van der Waals surface area contributed by atoms with Crippen molar-refractivity contribution < 1.29 is 9.53 Å². The molecule has 76 valence electrons. The summed E-state index contributed by atoms with van der Waals surface area (Å²) in [7, 11) is 1.29. The number of hydrogen-bond donors (Lipinski definition) is 2. The first-order chi connectivity index (χ1) is 6.60. The Morgan fingerprint density at radius 1 is 1.71 bits per heavy atom. The van der Waals surface area contributed by atoms with Gasteiger partial charge in [0.2, 0.25) is 0 Å². The third kappa shape index (κ3) is 1.74. The van der Waals surface area contributed by atoms with Gasteiger partial charge in [-0.2, -0.15) is 0 Å². The van der Waals surface area contributed by atoms with Crippen LogP contribution in [0.1, 0.15) is 6.92 Å². The zero-order valence-corrected chi connectivity index (χ0v) is 8.02. The largest absolute Gasteiger partial charge is 0.464 e. The van der Waals surface area contributed by atoms with Crippen LogP contribution in [0, 0.1) is 0 Å². The van der Waals surface area contributed by atoms with Gasteiger partial charge in [0, 0.05) is 11.9 Å². The van der Waals surface area contributed by atoms with Crippen LogP contribution in [0.3, 0.4) is 0 Å². The van der Waals surface area contributed by atoms with Gasteiger partial charge in [0.15, 0.2) is 11.5 Å². The molecule has 1 heterocycles. The molecule has 1 aliphatic heterocycles. The molecule has 0 aromatic carbocycles. The van der Waals surface area contributed by atoms with Crippen LogP contribution in [-0.4, -0.2) is 23.8 Å². The van der Waals surface area contributed by atoms with E-state index in [0.717, 1.165) is 0 Å². The molecule has 0 fully saturated rings. The first kappa shape index (κ1) is 10.3. The fourth-order valence-corrected chi connectivity index (χ4v) is 0.984. The molecule has 0 saturated carbocycles. The Labute approximate surface area is 81.5 Å². The molecule has 0 saturated heterocycles. The zero-order chi connectivity index (χ0) is 10.7. The maximum Gasteiger partial charge on any atom is 0.356 e. The average molecular weight is 196 g/mol. The number of hydrogen-bond acceptors (Lipinski definition) is 6. The summed E-state index contributed by atoms with van der Waals surface area (Å²) in [5.74, 6) is 5.39. The van der Waals surface area contributed by atoms with Gasteiger partial charge < -0.3 is 10.5 Å². The predicted octanol–water partition coefficient (Wildman–Crippen LogP) is -0.549. The number of aliphatic imine (C=N–C) groups is 1. The normalized spacial score (nSPS) is 19.1. The highest BCUT2D eigenvalue weighted by atomic mass is 16.5. The van der Waals surface area contributed by atoms with E-state index in [1.165, 1.54) is 24.4 Å². The molecule has 1 aliphatic rings. The van der Waals surface area contributed by atoms with E-state index in [9.17, 15) is 4.79 Å². The smallest absolute Gasteiger partial charge is 0.356 e. The topological polar surface area (TPSA) is 93.9 Å². The SMILES string of the molecule is COC(=O)C1=N/C(=C/N)N(N)C(C)=C1. The van der Waals surface area contributed by atoms with Crippen molar-refractivity contribution in [2.45, 2.75) is 6.92 Å². The molecule has 0 radical (unpaired) electrons. The van der Waals surface area contributed by atoms with Crippen molar-refractivity contribution in [1.29, 1.82) is 0 Å². The van der Waals surface area contributed by atoms with Crippen LogP contribution in [0.25, 0.3) is 0 Å². The predicted molar refractivity (Wildman–Crippen MR) is 51.5 cm³/mol. The molecule has 6 nitrogen and oxygen atoms in total.